The van der Waals surface area contributed by atoms with Gasteiger partial charge in [0.15, 0.2) is 0 Å². The molecule has 0 unspecified atom stereocenters. The lowest BCUT2D eigenvalue weighted by Gasteiger charge is -2.08. The maximum Gasteiger partial charge on any atom is 0.294 e. The summed E-state index contributed by atoms with van der Waals surface area (Å²) in [6.45, 7) is 0. The Morgan fingerprint density at radius 3 is 2.00 bits per heavy atom. The molecule has 0 amide bonds. The van der Waals surface area contributed by atoms with Crippen LogP contribution in [-0.4, -0.2) is 21.4 Å². The molecule has 2 rings (SSSR count). The van der Waals surface area contributed by atoms with Gasteiger partial charge in [0.25, 0.3) is 20.1 Å². The number of nitrogens with one attached hydrogen (secondary N) is 1. The first kappa shape index (κ1) is 14.5. The second-order valence-corrected chi connectivity index (χ2v) is 7.03. The summed E-state index contributed by atoms with van der Waals surface area (Å²) in [4.78, 5) is -0.331. The van der Waals surface area contributed by atoms with Crippen molar-refractivity contribution < 1.29 is 21.4 Å². The standard InChI is InChI=1S/C12H11NO5S2/c14-19(15,11-6-2-1-3-7-11)13-10-5-4-8-12(9-10)20(16,17)18/h1-9,13H,(H,16,17,18). The number of hydrogen-bond donors (Lipinski definition) is 2. The first-order chi connectivity index (χ1) is 9.29. The van der Waals surface area contributed by atoms with Crippen LogP contribution in [-0.2, 0) is 20.1 Å². The lowest BCUT2D eigenvalue weighted by atomic mass is 10.3. The highest BCUT2D eigenvalue weighted by molar-refractivity contribution is 7.92. The Kier molecular flexibility index (Phi) is 3.80. The monoisotopic (exact) mass is 313 g/mol. The van der Waals surface area contributed by atoms with Crippen LogP contribution >= 0.6 is 0 Å². The Morgan fingerprint density at radius 1 is 0.800 bits per heavy atom. The molecule has 6 nitrogen and oxygen atoms in total. The molecule has 8 heteroatoms. The van der Waals surface area contributed by atoms with Crippen molar-refractivity contribution in [3.63, 3.8) is 0 Å². The molecule has 0 saturated carbocycles. The SMILES string of the molecule is O=S(=O)(O)c1cccc(NS(=O)(=O)c2ccccc2)c1. The lowest BCUT2D eigenvalue weighted by Crippen LogP contribution is -2.13. The second kappa shape index (κ2) is 5.23. The molecule has 0 heterocycles. The number of anilines is 1. The Hall–Kier alpha value is -1.90. The van der Waals surface area contributed by atoms with Gasteiger partial charge in [-0.3, -0.25) is 9.27 Å². The maximum atomic E-state index is 12.0. The Bertz CT molecular complexity index is 814. The number of benzene rings is 2. The van der Waals surface area contributed by atoms with Crippen LogP contribution in [0, 0.1) is 0 Å². The predicted molar refractivity (Wildman–Crippen MR) is 73.5 cm³/mol. The highest BCUT2D eigenvalue weighted by atomic mass is 32.2. The Morgan fingerprint density at radius 2 is 1.40 bits per heavy atom. The van der Waals surface area contributed by atoms with Crippen molar-refractivity contribution in [1.82, 2.24) is 0 Å². The average Bonchev–Trinajstić information content (AvgIpc) is 2.38. The second-order valence-electron chi connectivity index (χ2n) is 3.92. The van der Waals surface area contributed by atoms with Gasteiger partial charge in [-0.25, -0.2) is 8.42 Å². The van der Waals surface area contributed by atoms with E-state index in [2.05, 4.69) is 4.72 Å². The van der Waals surface area contributed by atoms with Crippen LogP contribution in [0.1, 0.15) is 0 Å². The highest BCUT2D eigenvalue weighted by Gasteiger charge is 2.15. The minimum Gasteiger partial charge on any atom is -0.282 e. The quantitative estimate of drug-likeness (QED) is 0.837. The van der Waals surface area contributed by atoms with Gasteiger partial charge in [-0.15, -0.1) is 0 Å². The van der Waals surface area contributed by atoms with Gasteiger partial charge < -0.3 is 0 Å². The summed E-state index contributed by atoms with van der Waals surface area (Å²) in [5.41, 5.74) is 0.0454. The van der Waals surface area contributed by atoms with Gasteiger partial charge in [0.05, 0.1) is 15.5 Å². The zero-order valence-electron chi connectivity index (χ0n) is 10.1. The van der Waals surface area contributed by atoms with Crippen molar-refractivity contribution in [2.45, 2.75) is 9.79 Å². The third-order valence-corrected chi connectivity index (χ3v) is 4.68. The Balaban J connectivity index is 2.36. The fourth-order valence-electron chi connectivity index (χ4n) is 1.53. The first-order valence-corrected chi connectivity index (χ1v) is 8.37. The van der Waals surface area contributed by atoms with Crippen molar-refractivity contribution in [1.29, 1.82) is 0 Å². The van der Waals surface area contributed by atoms with Gasteiger partial charge in [-0.1, -0.05) is 24.3 Å². The van der Waals surface area contributed by atoms with E-state index >= 15 is 0 Å². The topological polar surface area (TPSA) is 101 Å². The summed E-state index contributed by atoms with van der Waals surface area (Å²) in [5.74, 6) is 0. The predicted octanol–water partition coefficient (Wildman–Crippen LogP) is 1.73. The first-order valence-electron chi connectivity index (χ1n) is 5.44. The molecule has 0 aliphatic carbocycles. The van der Waals surface area contributed by atoms with Gasteiger partial charge >= 0.3 is 0 Å². The van der Waals surface area contributed by atoms with Crippen molar-refractivity contribution >= 4 is 25.8 Å². The molecule has 106 valence electrons. The molecule has 0 aliphatic heterocycles. The molecule has 0 aromatic heterocycles. The molecule has 0 radical (unpaired) electrons. The molecule has 2 aromatic rings. The summed E-state index contributed by atoms with van der Waals surface area (Å²) in [5, 5.41) is 0. The van der Waals surface area contributed by atoms with Crippen LogP contribution in [0.15, 0.2) is 64.4 Å². The van der Waals surface area contributed by atoms with Crippen molar-refractivity contribution in [2.24, 2.45) is 0 Å². The van der Waals surface area contributed by atoms with E-state index in [1.165, 1.54) is 24.3 Å². The molecule has 0 saturated heterocycles. The molecule has 0 spiro atoms. The van der Waals surface area contributed by atoms with Crippen LogP contribution in [0.4, 0.5) is 5.69 Å². The van der Waals surface area contributed by atoms with Crippen LogP contribution in [0.5, 0.6) is 0 Å². The molecule has 2 N–H and O–H groups in total. The molecule has 20 heavy (non-hydrogen) atoms. The van der Waals surface area contributed by atoms with Gasteiger partial charge in [0.1, 0.15) is 0 Å². The van der Waals surface area contributed by atoms with E-state index < -0.39 is 20.1 Å². The molecule has 2 aromatic carbocycles. The van der Waals surface area contributed by atoms with E-state index in [1.54, 1.807) is 18.2 Å². The van der Waals surface area contributed by atoms with Crippen LogP contribution in [0.25, 0.3) is 0 Å². The van der Waals surface area contributed by atoms with Crippen LogP contribution < -0.4 is 4.72 Å². The van der Waals surface area contributed by atoms with Gasteiger partial charge in [-0.2, -0.15) is 8.42 Å². The van der Waals surface area contributed by atoms with E-state index in [0.717, 1.165) is 12.1 Å². The number of sulfonamides is 1. The van der Waals surface area contributed by atoms with Gasteiger partial charge in [-0.05, 0) is 30.3 Å². The zero-order valence-corrected chi connectivity index (χ0v) is 11.7. The van der Waals surface area contributed by atoms with E-state index in [9.17, 15) is 16.8 Å². The zero-order chi connectivity index (χ0) is 14.8. The Labute approximate surface area is 116 Å². The molecular formula is C12H11NO5S2. The summed E-state index contributed by atoms with van der Waals surface area (Å²) < 4.78 is 57.2. The van der Waals surface area contributed by atoms with Crippen molar-refractivity contribution in [3.05, 3.63) is 54.6 Å². The highest BCUT2D eigenvalue weighted by Crippen LogP contribution is 2.19. The fourth-order valence-corrected chi connectivity index (χ4v) is 3.13. The summed E-state index contributed by atoms with van der Waals surface area (Å²) in [6, 6.07) is 12.6. The fraction of sp³-hybridized carbons (Fsp3) is 0. The largest absolute Gasteiger partial charge is 0.294 e. The van der Waals surface area contributed by atoms with E-state index in [1.807, 2.05) is 0 Å². The van der Waals surface area contributed by atoms with E-state index in [0.29, 0.717) is 0 Å². The third kappa shape index (κ3) is 3.35. The maximum absolute atomic E-state index is 12.0. The molecule has 0 bridgehead atoms. The molecule has 0 atom stereocenters. The van der Waals surface area contributed by atoms with Crippen LogP contribution in [0.3, 0.4) is 0 Å². The van der Waals surface area contributed by atoms with Crippen LogP contribution in [0.2, 0.25) is 0 Å². The summed E-state index contributed by atoms with van der Waals surface area (Å²) >= 11 is 0. The minimum absolute atomic E-state index is 0.0454. The smallest absolute Gasteiger partial charge is 0.282 e. The van der Waals surface area contributed by atoms with Gasteiger partial charge in [0.2, 0.25) is 0 Å². The van der Waals surface area contributed by atoms with Gasteiger partial charge in [0, 0.05) is 0 Å². The molecule has 0 aliphatic rings. The lowest BCUT2D eigenvalue weighted by molar-refractivity contribution is 0.483. The van der Waals surface area contributed by atoms with Crippen molar-refractivity contribution in [3.8, 4) is 0 Å². The number of rotatable bonds is 4. The minimum atomic E-state index is -4.38. The normalized spacial score (nSPS) is 12.1. The molecular weight excluding hydrogens is 302 g/mol. The summed E-state index contributed by atoms with van der Waals surface area (Å²) in [6.07, 6.45) is 0. The number of hydrogen-bond acceptors (Lipinski definition) is 4. The van der Waals surface area contributed by atoms with E-state index in [-0.39, 0.29) is 15.5 Å². The average molecular weight is 313 g/mol. The summed E-state index contributed by atoms with van der Waals surface area (Å²) in [7, 11) is -8.18. The van der Waals surface area contributed by atoms with Crippen molar-refractivity contribution in [2.75, 3.05) is 4.72 Å². The third-order valence-electron chi connectivity index (χ3n) is 2.44. The molecule has 0 fully saturated rings. The van der Waals surface area contributed by atoms with E-state index in [4.69, 9.17) is 4.55 Å².